The quantitative estimate of drug-likeness (QED) is 0.616. The molecule has 0 heterocycles. The van der Waals surface area contributed by atoms with Gasteiger partial charge in [-0.1, -0.05) is 23.7 Å². The monoisotopic (exact) mass is 388 g/mol. The summed E-state index contributed by atoms with van der Waals surface area (Å²) in [7, 11) is 0. The fourth-order valence-electron chi connectivity index (χ4n) is 1.84. The third-order valence-corrected chi connectivity index (χ3v) is 3.93. The molecule has 0 aromatic heterocycles. The first-order valence-corrected chi connectivity index (χ1v) is 8.12. The van der Waals surface area contributed by atoms with E-state index >= 15 is 0 Å². The summed E-state index contributed by atoms with van der Waals surface area (Å²) in [6, 6.07) is 11.5. The van der Waals surface area contributed by atoms with Crippen LogP contribution in [-0.2, 0) is 11.2 Å². The van der Waals surface area contributed by atoms with Crippen molar-refractivity contribution in [3.05, 3.63) is 64.7 Å². The van der Waals surface area contributed by atoms with E-state index < -0.39 is 17.3 Å². The van der Waals surface area contributed by atoms with Crippen LogP contribution in [0.25, 0.3) is 0 Å². The van der Waals surface area contributed by atoms with Crippen LogP contribution in [0.15, 0.2) is 53.4 Å². The van der Waals surface area contributed by atoms with Gasteiger partial charge < -0.3 is 0 Å². The maximum atomic E-state index is 12.2. The second kappa shape index (κ2) is 8.26. The largest absolute Gasteiger partial charge is 0.446 e. The smallest absolute Gasteiger partial charge is 0.273 e. The van der Waals surface area contributed by atoms with Crippen molar-refractivity contribution >= 4 is 35.2 Å². The predicted molar refractivity (Wildman–Crippen MR) is 89.1 cm³/mol. The standard InChI is InChI=1S/C16H12ClF3N2O2S/c17-12-5-1-10(2-6-12)9-14(23)21-22-15(24)11-3-7-13(8-4-11)25-16(18,19)20/h1-8H,9H2,(H,21,23)(H,22,24). The fourth-order valence-corrected chi connectivity index (χ4v) is 2.50. The molecule has 25 heavy (non-hydrogen) atoms. The van der Waals surface area contributed by atoms with Crippen molar-refractivity contribution in [2.75, 3.05) is 0 Å². The Morgan fingerprint density at radius 2 is 1.56 bits per heavy atom. The van der Waals surface area contributed by atoms with Gasteiger partial charge in [-0.15, -0.1) is 0 Å². The number of carbonyl (C=O) groups excluding carboxylic acids is 2. The summed E-state index contributed by atoms with van der Waals surface area (Å²) in [5.41, 5.74) is 0.891. The van der Waals surface area contributed by atoms with Crippen LogP contribution < -0.4 is 10.9 Å². The number of nitrogens with one attached hydrogen (secondary N) is 2. The van der Waals surface area contributed by atoms with E-state index in [1.807, 2.05) is 0 Å². The van der Waals surface area contributed by atoms with Crippen LogP contribution >= 0.6 is 23.4 Å². The number of hydrogen-bond donors (Lipinski definition) is 2. The molecule has 0 spiro atoms. The molecule has 2 aromatic carbocycles. The van der Waals surface area contributed by atoms with Crippen LogP contribution in [0.4, 0.5) is 13.2 Å². The number of hydrogen-bond acceptors (Lipinski definition) is 3. The van der Waals surface area contributed by atoms with Gasteiger partial charge >= 0.3 is 5.51 Å². The second-order valence-corrected chi connectivity index (χ2v) is 6.45. The Balaban J connectivity index is 1.85. The molecule has 2 rings (SSSR count). The van der Waals surface area contributed by atoms with Crippen LogP contribution in [0.3, 0.4) is 0 Å². The first kappa shape index (κ1) is 19.1. The van der Waals surface area contributed by atoms with Gasteiger partial charge in [0, 0.05) is 15.5 Å². The van der Waals surface area contributed by atoms with Crippen molar-refractivity contribution in [3.63, 3.8) is 0 Å². The first-order chi connectivity index (χ1) is 11.7. The number of amides is 2. The molecule has 0 saturated carbocycles. The number of benzene rings is 2. The van der Waals surface area contributed by atoms with Gasteiger partial charge in [-0.2, -0.15) is 13.2 Å². The number of alkyl halides is 3. The second-order valence-electron chi connectivity index (χ2n) is 4.88. The van der Waals surface area contributed by atoms with Crippen molar-refractivity contribution in [2.24, 2.45) is 0 Å². The van der Waals surface area contributed by atoms with Gasteiger partial charge in [-0.25, -0.2) is 0 Å². The van der Waals surface area contributed by atoms with E-state index in [-0.39, 0.29) is 28.6 Å². The molecule has 0 unspecified atom stereocenters. The molecule has 2 amide bonds. The minimum Gasteiger partial charge on any atom is -0.273 e. The van der Waals surface area contributed by atoms with E-state index in [9.17, 15) is 22.8 Å². The van der Waals surface area contributed by atoms with Gasteiger partial charge in [0.15, 0.2) is 0 Å². The molecule has 2 N–H and O–H groups in total. The minimum atomic E-state index is -4.39. The molecule has 2 aromatic rings. The molecule has 0 aliphatic rings. The van der Waals surface area contributed by atoms with Crippen LogP contribution in [-0.4, -0.2) is 17.3 Å². The summed E-state index contributed by atoms with van der Waals surface area (Å²) in [4.78, 5) is 23.6. The average Bonchev–Trinajstić information content (AvgIpc) is 2.54. The Morgan fingerprint density at radius 3 is 2.12 bits per heavy atom. The summed E-state index contributed by atoms with van der Waals surface area (Å²) in [5, 5.41) is 0.546. The molecule has 0 radical (unpaired) electrons. The van der Waals surface area contributed by atoms with E-state index in [1.54, 1.807) is 24.3 Å². The minimum absolute atomic E-state index is 0.0316. The number of hydrazine groups is 1. The first-order valence-electron chi connectivity index (χ1n) is 6.92. The third kappa shape index (κ3) is 6.67. The Bertz CT molecular complexity index is 749. The van der Waals surface area contributed by atoms with Crippen molar-refractivity contribution < 1.29 is 22.8 Å². The van der Waals surface area contributed by atoms with E-state index in [2.05, 4.69) is 10.9 Å². The molecular weight excluding hydrogens is 377 g/mol. The fraction of sp³-hybridized carbons (Fsp3) is 0.125. The zero-order chi connectivity index (χ0) is 18.4. The summed E-state index contributed by atoms with van der Waals surface area (Å²) in [6.45, 7) is 0. The summed E-state index contributed by atoms with van der Waals surface area (Å²) in [5.74, 6) is -1.08. The van der Waals surface area contributed by atoms with Gasteiger partial charge in [0.05, 0.1) is 6.42 Å². The van der Waals surface area contributed by atoms with Gasteiger partial charge in [0.25, 0.3) is 5.91 Å². The lowest BCUT2D eigenvalue weighted by Crippen LogP contribution is -2.42. The summed E-state index contributed by atoms with van der Waals surface area (Å²) >= 11 is 5.47. The molecule has 0 fully saturated rings. The highest BCUT2D eigenvalue weighted by molar-refractivity contribution is 8.00. The highest BCUT2D eigenvalue weighted by Crippen LogP contribution is 2.36. The van der Waals surface area contributed by atoms with E-state index in [4.69, 9.17) is 11.6 Å². The van der Waals surface area contributed by atoms with Gasteiger partial charge in [0.1, 0.15) is 0 Å². The van der Waals surface area contributed by atoms with E-state index in [0.717, 1.165) is 0 Å². The zero-order valence-corrected chi connectivity index (χ0v) is 14.1. The summed E-state index contributed by atoms with van der Waals surface area (Å²) in [6.07, 6.45) is 0.0403. The third-order valence-electron chi connectivity index (χ3n) is 2.94. The topological polar surface area (TPSA) is 58.2 Å². The highest BCUT2D eigenvalue weighted by Gasteiger charge is 2.29. The number of halogens is 4. The van der Waals surface area contributed by atoms with Crippen molar-refractivity contribution in [1.82, 2.24) is 10.9 Å². The maximum absolute atomic E-state index is 12.2. The molecule has 0 aliphatic heterocycles. The number of thioether (sulfide) groups is 1. The number of rotatable bonds is 4. The van der Waals surface area contributed by atoms with Gasteiger partial charge in [-0.05, 0) is 53.7 Å². The Hall–Kier alpha value is -2.19. The van der Waals surface area contributed by atoms with E-state index in [1.165, 1.54) is 24.3 Å². The molecule has 4 nitrogen and oxygen atoms in total. The summed E-state index contributed by atoms with van der Waals surface area (Å²) < 4.78 is 36.7. The highest BCUT2D eigenvalue weighted by atomic mass is 35.5. The number of carbonyl (C=O) groups is 2. The molecule has 0 aliphatic carbocycles. The molecule has 0 bridgehead atoms. The molecule has 0 saturated heterocycles. The van der Waals surface area contributed by atoms with Crippen molar-refractivity contribution in [2.45, 2.75) is 16.8 Å². The van der Waals surface area contributed by atoms with Gasteiger partial charge in [-0.3, -0.25) is 20.4 Å². The van der Waals surface area contributed by atoms with Crippen molar-refractivity contribution in [1.29, 1.82) is 0 Å². The molecule has 9 heteroatoms. The Morgan fingerprint density at radius 1 is 0.960 bits per heavy atom. The van der Waals surface area contributed by atoms with Crippen LogP contribution in [0, 0.1) is 0 Å². The van der Waals surface area contributed by atoms with Crippen LogP contribution in [0.2, 0.25) is 5.02 Å². The molecular formula is C16H12ClF3N2O2S. The maximum Gasteiger partial charge on any atom is 0.446 e. The zero-order valence-electron chi connectivity index (χ0n) is 12.6. The SMILES string of the molecule is O=C(Cc1ccc(Cl)cc1)NNC(=O)c1ccc(SC(F)(F)F)cc1. The van der Waals surface area contributed by atoms with Crippen molar-refractivity contribution in [3.8, 4) is 0 Å². The lowest BCUT2D eigenvalue weighted by atomic mass is 10.1. The lowest BCUT2D eigenvalue weighted by Gasteiger charge is -2.09. The molecule has 0 atom stereocenters. The van der Waals surface area contributed by atoms with Crippen LogP contribution in [0.1, 0.15) is 15.9 Å². The van der Waals surface area contributed by atoms with Gasteiger partial charge in [0.2, 0.25) is 5.91 Å². The lowest BCUT2D eigenvalue weighted by molar-refractivity contribution is -0.121. The Labute approximate surface area is 150 Å². The van der Waals surface area contributed by atoms with E-state index in [0.29, 0.717) is 10.6 Å². The molecule has 132 valence electrons. The Kier molecular flexibility index (Phi) is 6.33. The normalized spacial score (nSPS) is 11.0. The van der Waals surface area contributed by atoms with Crippen LogP contribution in [0.5, 0.6) is 0 Å². The predicted octanol–water partition coefficient (Wildman–Crippen LogP) is 3.96. The average molecular weight is 389 g/mol.